The SMILES string of the molecule is CNc1ncc(C)c(Nc2ccccc2OC(F)F)n1. The zero-order valence-corrected chi connectivity index (χ0v) is 11.0. The Morgan fingerprint density at radius 1 is 1.25 bits per heavy atom. The van der Waals surface area contributed by atoms with E-state index in [0.717, 1.165) is 5.56 Å². The Labute approximate surface area is 115 Å². The average molecular weight is 280 g/mol. The highest BCUT2D eigenvalue weighted by Crippen LogP contribution is 2.29. The van der Waals surface area contributed by atoms with Gasteiger partial charge < -0.3 is 15.4 Å². The van der Waals surface area contributed by atoms with Gasteiger partial charge in [-0.25, -0.2) is 4.98 Å². The minimum atomic E-state index is -2.88. The number of aromatic nitrogens is 2. The first-order chi connectivity index (χ1) is 9.60. The second kappa shape index (κ2) is 6.14. The number of para-hydroxylation sites is 2. The number of hydrogen-bond acceptors (Lipinski definition) is 5. The molecule has 0 bridgehead atoms. The Bertz CT molecular complexity index is 592. The molecule has 7 heteroatoms. The molecule has 5 nitrogen and oxygen atoms in total. The fraction of sp³-hybridized carbons (Fsp3) is 0.231. The Hall–Kier alpha value is -2.44. The lowest BCUT2D eigenvalue weighted by Crippen LogP contribution is -2.06. The summed E-state index contributed by atoms with van der Waals surface area (Å²) < 4.78 is 29.2. The molecule has 0 unspecified atom stereocenters. The van der Waals surface area contributed by atoms with Crippen LogP contribution in [0.2, 0.25) is 0 Å². The molecule has 0 aliphatic heterocycles. The van der Waals surface area contributed by atoms with Gasteiger partial charge in [0.1, 0.15) is 11.6 Å². The molecule has 0 saturated carbocycles. The molecule has 20 heavy (non-hydrogen) atoms. The number of nitrogens with zero attached hydrogens (tertiary/aromatic N) is 2. The van der Waals surface area contributed by atoms with Gasteiger partial charge in [-0.15, -0.1) is 0 Å². The van der Waals surface area contributed by atoms with E-state index < -0.39 is 6.61 Å². The van der Waals surface area contributed by atoms with Crippen molar-refractivity contribution in [1.82, 2.24) is 9.97 Å². The van der Waals surface area contributed by atoms with Crippen molar-refractivity contribution in [3.8, 4) is 5.75 Å². The molecular weight excluding hydrogens is 266 g/mol. The second-order valence-electron chi connectivity index (χ2n) is 3.97. The van der Waals surface area contributed by atoms with Crippen LogP contribution in [0.3, 0.4) is 0 Å². The predicted molar refractivity (Wildman–Crippen MR) is 72.7 cm³/mol. The first kappa shape index (κ1) is 14.0. The fourth-order valence-electron chi connectivity index (χ4n) is 1.59. The molecule has 2 rings (SSSR count). The van der Waals surface area contributed by atoms with Crippen LogP contribution < -0.4 is 15.4 Å². The Morgan fingerprint density at radius 3 is 2.70 bits per heavy atom. The van der Waals surface area contributed by atoms with Crippen LogP contribution in [0.5, 0.6) is 5.75 Å². The number of nitrogens with one attached hydrogen (secondary N) is 2. The summed E-state index contributed by atoms with van der Waals surface area (Å²) in [7, 11) is 1.70. The van der Waals surface area contributed by atoms with Gasteiger partial charge in [0.2, 0.25) is 5.95 Å². The van der Waals surface area contributed by atoms with Crippen LogP contribution >= 0.6 is 0 Å². The Morgan fingerprint density at radius 2 is 2.00 bits per heavy atom. The second-order valence-corrected chi connectivity index (χ2v) is 3.97. The van der Waals surface area contributed by atoms with Crippen LogP contribution in [-0.4, -0.2) is 23.6 Å². The molecule has 1 aromatic heterocycles. The average Bonchev–Trinajstić information content (AvgIpc) is 2.43. The van der Waals surface area contributed by atoms with E-state index in [4.69, 9.17) is 0 Å². The summed E-state index contributed by atoms with van der Waals surface area (Å²) in [6, 6.07) is 6.44. The lowest BCUT2D eigenvalue weighted by Gasteiger charge is -2.13. The van der Waals surface area contributed by atoms with E-state index in [-0.39, 0.29) is 5.75 Å². The van der Waals surface area contributed by atoms with E-state index in [0.29, 0.717) is 17.5 Å². The molecule has 0 amide bonds. The van der Waals surface area contributed by atoms with Crippen molar-refractivity contribution >= 4 is 17.5 Å². The third kappa shape index (κ3) is 3.31. The maximum Gasteiger partial charge on any atom is 0.387 e. The number of rotatable bonds is 5. The van der Waals surface area contributed by atoms with Crippen LogP contribution in [-0.2, 0) is 0 Å². The number of halogens is 2. The van der Waals surface area contributed by atoms with Gasteiger partial charge in [0.05, 0.1) is 5.69 Å². The van der Waals surface area contributed by atoms with E-state index in [1.807, 2.05) is 6.92 Å². The summed E-state index contributed by atoms with van der Waals surface area (Å²) in [5.41, 5.74) is 1.20. The fourth-order valence-corrected chi connectivity index (χ4v) is 1.59. The van der Waals surface area contributed by atoms with E-state index in [9.17, 15) is 8.78 Å². The normalized spacial score (nSPS) is 10.4. The number of alkyl halides is 2. The first-order valence-corrected chi connectivity index (χ1v) is 5.92. The molecule has 0 radical (unpaired) electrons. The van der Waals surface area contributed by atoms with Crippen LogP contribution in [0.4, 0.5) is 26.2 Å². The van der Waals surface area contributed by atoms with Gasteiger partial charge in [-0.1, -0.05) is 12.1 Å². The lowest BCUT2D eigenvalue weighted by molar-refractivity contribution is -0.0493. The highest BCUT2D eigenvalue weighted by atomic mass is 19.3. The molecule has 1 heterocycles. The van der Waals surface area contributed by atoms with Crippen molar-refractivity contribution in [2.75, 3.05) is 17.7 Å². The number of aryl methyl sites for hydroxylation is 1. The summed E-state index contributed by atoms with van der Waals surface area (Å²) in [4.78, 5) is 8.29. The van der Waals surface area contributed by atoms with Crippen LogP contribution in [0.25, 0.3) is 0 Å². The first-order valence-electron chi connectivity index (χ1n) is 5.92. The van der Waals surface area contributed by atoms with Crippen LogP contribution in [0.1, 0.15) is 5.56 Å². The molecule has 0 fully saturated rings. The van der Waals surface area contributed by atoms with E-state index in [2.05, 4.69) is 25.3 Å². The molecule has 2 N–H and O–H groups in total. The van der Waals surface area contributed by atoms with Crippen molar-refractivity contribution in [3.05, 3.63) is 36.0 Å². The van der Waals surface area contributed by atoms with Gasteiger partial charge in [0.25, 0.3) is 0 Å². The molecule has 0 aliphatic rings. The van der Waals surface area contributed by atoms with Crippen molar-refractivity contribution in [3.63, 3.8) is 0 Å². The molecule has 106 valence electrons. The van der Waals surface area contributed by atoms with Crippen LogP contribution in [0, 0.1) is 6.92 Å². The molecule has 0 atom stereocenters. The smallest absolute Gasteiger partial charge is 0.387 e. The van der Waals surface area contributed by atoms with E-state index in [1.54, 1.807) is 31.4 Å². The van der Waals surface area contributed by atoms with Crippen molar-refractivity contribution < 1.29 is 13.5 Å². The minimum absolute atomic E-state index is 0.0616. The molecule has 0 aliphatic carbocycles. The maximum absolute atomic E-state index is 12.4. The zero-order valence-electron chi connectivity index (χ0n) is 11.0. The molecular formula is C13H14F2N4O. The summed E-state index contributed by atoms with van der Waals surface area (Å²) in [6.45, 7) is -1.06. The van der Waals surface area contributed by atoms with Gasteiger partial charge in [-0.2, -0.15) is 13.8 Å². The number of ether oxygens (including phenoxy) is 1. The standard InChI is InChI=1S/C13H14F2N4O/c1-8-7-17-13(16-2)19-11(8)18-9-5-3-4-6-10(9)20-12(14)15/h3-7,12H,1-2H3,(H2,16,17,18,19). The van der Waals surface area contributed by atoms with E-state index >= 15 is 0 Å². The van der Waals surface area contributed by atoms with Crippen molar-refractivity contribution in [1.29, 1.82) is 0 Å². The van der Waals surface area contributed by atoms with Gasteiger partial charge in [-0.05, 0) is 19.1 Å². The lowest BCUT2D eigenvalue weighted by atomic mass is 10.2. The Balaban J connectivity index is 2.30. The molecule has 2 aromatic rings. The quantitative estimate of drug-likeness (QED) is 0.881. The molecule has 0 saturated heterocycles. The summed E-state index contributed by atoms with van der Waals surface area (Å²) in [6.07, 6.45) is 1.64. The third-order valence-electron chi connectivity index (χ3n) is 2.55. The number of benzene rings is 1. The zero-order chi connectivity index (χ0) is 14.5. The topological polar surface area (TPSA) is 59.1 Å². The predicted octanol–water partition coefficient (Wildman–Crippen LogP) is 3.17. The number of hydrogen-bond donors (Lipinski definition) is 2. The summed E-state index contributed by atoms with van der Waals surface area (Å²) in [5, 5.41) is 5.79. The molecule has 1 aromatic carbocycles. The summed E-state index contributed by atoms with van der Waals surface area (Å²) >= 11 is 0. The monoisotopic (exact) mass is 280 g/mol. The van der Waals surface area contributed by atoms with Crippen LogP contribution in [0.15, 0.2) is 30.5 Å². The van der Waals surface area contributed by atoms with Gasteiger partial charge in [0, 0.05) is 18.8 Å². The van der Waals surface area contributed by atoms with Gasteiger partial charge >= 0.3 is 6.61 Å². The highest BCUT2D eigenvalue weighted by molar-refractivity contribution is 5.66. The largest absolute Gasteiger partial charge is 0.433 e. The third-order valence-corrected chi connectivity index (χ3v) is 2.55. The minimum Gasteiger partial charge on any atom is -0.433 e. The van der Waals surface area contributed by atoms with Gasteiger partial charge in [-0.3, -0.25) is 0 Å². The summed E-state index contributed by atoms with van der Waals surface area (Å²) in [5.74, 6) is 1.02. The van der Waals surface area contributed by atoms with E-state index in [1.165, 1.54) is 6.07 Å². The highest BCUT2D eigenvalue weighted by Gasteiger charge is 2.11. The van der Waals surface area contributed by atoms with Gasteiger partial charge in [0.15, 0.2) is 0 Å². The van der Waals surface area contributed by atoms with Crippen molar-refractivity contribution in [2.45, 2.75) is 13.5 Å². The number of anilines is 3. The maximum atomic E-state index is 12.4. The van der Waals surface area contributed by atoms with Crippen molar-refractivity contribution in [2.24, 2.45) is 0 Å². The molecule has 0 spiro atoms. The Kier molecular flexibility index (Phi) is 4.29.